The minimum Gasteiger partial charge on any atom is -0.494 e. The first-order valence-electron chi connectivity index (χ1n) is 14.8. The van der Waals surface area contributed by atoms with Gasteiger partial charge in [-0.3, -0.25) is 14.2 Å². The lowest BCUT2D eigenvalue weighted by Crippen LogP contribution is -2.54. The predicted molar refractivity (Wildman–Crippen MR) is 177 cm³/mol. The van der Waals surface area contributed by atoms with E-state index in [9.17, 15) is 23.1 Å². The van der Waals surface area contributed by atoms with E-state index in [1.807, 2.05) is 42.3 Å². The Morgan fingerprint density at radius 2 is 1.76 bits per heavy atom. The highest BCUT2D eigenvalue weighted by atomic mass is 32.2. The number of rotatable bonds is 10. The summed E-state index contributed by atoms with van der Waals surface area (Å²) in [5.41, 5.74) is 3.95. The Balaban J connectivity index is 1.36. The number of esters is 1. The van der Waals surface area contributed by atoms with Crippen LogP contribution in [0.2, 0.25) is 0 Å². The highest BCUT2D eigenvalue weighted by Crippen LogP contribution is 2.32. The number of nitrogens with one attached hydrogen (secondary N) is 1. The number of aromatic nitrogens is 1. The number of aromatic amines is 1. The van der Waals surface area contributed by atoms with Gasteiger partial charge in [0.25, 0.3) is 10.1 Å². The zero-order chi connectivity index (χ0) is 33.0. The molecule has 1 aliphatic rings. The Morgan fingerprint density at radius 1 is 1.04 bits per heavy atom. The van der Waals surface area contributed by atoms with Gasteiger partial charge in [-0.05, 0) is 49.9 Å². The van der Waals surface area contributed by atoms with Gasteiger partial charge in [0.1, 0.15) is 0 Å². The fourth-order valence-corrected chi connectivity index (χ4v) is 6.17. The molecular weight excluding hydrogens is 610 g/mol. The van der Waals surface area contributed by atoms with Crippen LogP contribution >= 0.6 is 0 Å². The average Bonchev–Trinajstić information content (AvgIpc) is 3.37. The van der Waals surface area contributed by atoms with E-state index in [0.29, 0.717) is 58.8 Å². The summed E-state index contributed by atoms with van der Waals surface area (Å²) in [6.07, 6.45) is 0.285. The first kappa shape index (κ1) is 32.8. The molecule has 0 bridgehead atoms. The van der Waals surface area contributed by atoms with Gasteiger partial charge in [0, 0.05) is 54.9 Å². The first-order chi connectivity index (χ1) is 21.9. The van der Waals surface area contributed by atoms with Crippen LogP contribution in [-0.2, 0) is 19.6 Å². The third-order valence-electron chi connectivity index (χ3n) is 8.27. The molecule has 1 fully saturated rings. The van der Waals surface area contributed by atoms with Crippen molar-refractivity contribution in [2.24, 2.45) is 4.99 Å². The number of carbonyl (C=O) groups excluding carboxylic acids is 2. The number of aliphatic imine (C=N–C) groups is 1. The molecule has 0 radical (unpaired) electrons. The number of piperazine rings is 1. The maximum absolute atomic E-state index is 13.2. The van der Waals surface area contributed by atoms with Crippen LogP contribution in [0.5, 0.6) is 5.88 Å². The number of anilines is 1. The number of benzene rings is 3. The van der Waals surface area contributed by atoms with Gasteiger partial charge in [-0.2, -0.15) is 8.42 Å². The second-order valence-electron chi connectivity index (χ2n) is 11.3. The van der Waals surface area contributed by atoms with Crippen molar-refractivity contribution in [2.45, 2.75) is 12.5 Å². The zero-order valence-electron chi connectivity index (χ0n) is 25.9. The fourth-order valence-electron chi connectivity index (χ4n) is 5.60. The summed E-state index contributed by atoms with van der Waals surface area (Å²) in [6, 6.07) is 21.6. The summed E-state index contributed by atoms with van der Waals surface area (Å²) < 4.78 is 36.5. The van der Waals surface area contributed by atoms with Crippen LogP contribution in [0.1, 0.15) is 27.9 Å². The molecule has 1 unspecified atom stereocenters. The zero-order valence-corrected chi connectivity index (χ0v) is 26.7. The molecule has 1 aliphatic heterocycles. The summed E-state index contributed by atoms with van der Waals surface area (Å²) in [6.45, 7) is 2.04. The summed E-state index contributed by atoms with van der Waals surface area (Å²) in [7, 11) is 0.871. The quantitative estimate of drug-likeness (QED) is 0.133. The second kappa shape index (κ2) is 13.8. The van der Waals surface area contributed by atoms with E-state index in [2.05, 4.69) is 9.88 Å². The van der Waals surface area contributed by atoms with E-state index in [1.165, 1.54) is 7.11 Å². The average molecular weight is 648 g/mol. The van der Waals surface area contributed by atoms with Gasteiger partial charge in [0.2, 0.25) is 5.91 Å². The Kier molecular flexibility index (Phi) is 9.87. The van der Waals surface area contributed by atoms with Crippen molar-refractivity contribution in [2.75, 3.05) is 58.0 Å². The number of hydrogen-bond acceptors (Lipinski definition) is 9. The Bertz CT molecular complexity index is 1860. The number of aromatic hydroxyl groups is 1. The van der Waals surface area contributed by atoms with Crippen LogP contribution in [0.4, 0.5) is 11.4 Å². The standard InChI is InChI=1S/C33H37N5O7S/c1-36-16-17-38(20-26(36)15-18-46(42,43)44)21-29(39)37(2)25-12-10-24(11-13-25)34-31(22-7-5-4-6-8-22)30-27-14-9-23(33(41)45-3)19-28(27)35-32(30)40/h4-14,19,26,35,40H,15-18,20-21H2,1-3H3,(H,42,43,44). The van der Waals surface area contributed by atoms with Crippen molar-refractivity contribution in [1.82, 2.24) is 14.8 Å². The van der Waals surface area contributed by atoms with Crippen LogP contribution in [0.25, 0.3) is 10.9 Å². The van der Waals surface area contributed by atoms with Crippen LogP contribution in [0, 0.1) is 0 Å². The molecular formula is C33H37N5O7S. The van der Waals surface area contributed by atoms with E-state index in [0.717, 1.165) is 5.56 Å². The van der Waals surface area contributed by atoms with Crippen LogP contribution < -0.4 is 4.90 Å². The lowest BCUT2D eigenvalue weighted by molar-refractivity contribution is -0.120. The van der Waals surface area contributed by atoms with Crippen molar-refractivity contribution in [3.05, 3.63) is 89.5 Å². The van der Waals surface area contributed by atoms with Crippen molar-refractivity contribution in [3.63, 3.8) is 0 Å². The molecule has 13 heteroatoms. The number of carbonyl (C=O) groups is 2. The van der Waals surface area contributed by atoms with Gasteiger partial charge in [0.15, 0.2) is 5.88 Å². The number of hydrogen-bond donors (Lipinski definition) is 3. The number of amides is 1. The second-order valence-corrected chi connectivity index (χ2v) is 12.9. The van der Waals surface area contributed by atoms with Gasteiger partial charge in [-0.15, -0.1) is 0 Å². The molecule has 0 saturated carbocycles. The number of H-pyrrole nitrogens is 1. The summed E-state index contributed by atoms with van der Waals surface area (Å²) in [4.78, 5) is 38.8. The Hall–Kier alpha value is -4.56. The number of likely N-dealkylation sites (N-methyl/N-ethyl adjacent to an activating group) is 2. The first-order valence-corrected chi connectivity index (χ1v) is 16.4. The molecule has 1 atom stereocenters. The summed E-state index contributed by atoms with van der Waals surface area (Å²) in [5, 5.41) is 11.7. The minimum absolute atomic E-state index is 0.0868. The third-order valence-corrected chi connectivity index (χ3v) is 9.02. The number of fused-ring (bicyclic) bond motifs is 1. The number of methoxy groups -OCH3 is 1. The predicted octanol–water partition coefficient (Wildman–Crippen LogP) is 3.69. The monoisotopic (exact) mass is 647 g/mol. The molecule has 5 rings (SSSR count). The maximum Gasteiger partial charge on any atom is 0.337 e. The maximum atomic E-state index is 13.2. The molecule has 0 spiro atoms. The lowest BCUT2D eigenvalue weighted by Gasteiger charge is -2.39. The highest BCUT2D eigenvalue weighted by molar-refractivity contribution is 7.85. The number of ether oxygens (including phenoxy) is 1. The smallest absolute Gasteiger partial charge is 0.337 e. The van der Waals surface area contributed by atoms with Crippen molar-refractivity contribution >= 4 is 50.0 Å². The molecule has 3 aromatic carbocycles. The molecule has 12 nitrogen and oxygen atoms in total. The molecule has 4 aromatic rings. The summed E-state index contributed by atoms with van der Waals surface area (Å²) in [5.74, 6) is -1.01. The summed E-state index contributed by atoms with van der Waals surface area (Å²) >= 11 is 0. The van der Waals surface area contributed by atoms with Gasteiger partial charge in [0.05, 0.1) is 41.9 Å². The molecule has 0 aliphatic carbocycles. The molecule has 3 N–H and O–H groups in total. The van der Waals surface area contributed by atoms with Crippen LogP contribution in [-0.4, -0.2) is 110 Å². The molecule has 2 heterocycles. The van der Waals surface area contributed by atoms with E-state index in [1.54, 1.807) is 54.4 Å². The molecule has 242 valence electrons. The van der Waals surface area contributed by atoms with Crippen molar-refractivity contribution in [3.8, 4) is 5.88 Å². The third kappa shape index (κ3) is 7.62. The van der Waals surface area contributed by atoms with E-state index in [4.69, 9.17) is 14.3 Å². The molecule has 46 heavy (non-hydrogen) atoms. The van der Waals surface area contributed by atoms with Gasteiger partial charge in [-0.1, -0.05) is 36.4 Å². The molecule has 1 aromatic heterocycles. The van der Waals surface area contributed by atoms with E-state index in [-0.39, 0.29) is 36.5 Å². The topological polar surface area (TPSA) is 156 Å². The minimum atomic E-state index is -4.05. The largest absolute Gasteiger partial charge is 0.494 e. The van der Waals surface area contributed by atoms with Crippen molar-refractivity contribution < 1.29 is 32.4 Å². The lowest BCUT2D eigenvalue weighted by atomic mass is 10.00. The normalized spacial score (nSPS) is 16.4. The molecule has 1 saturated heterocycles. The van der Waals surface area contributed by atoms with Crippen molar-refractivity contribution in [1.29, 1.82) is 0 Å². The van der Waals surface area contributed by atoms with Gasteiger partial charge in [-0.25, -0.2) is 9.79 Å². The van der Waals surface area contributed by atoms with Gasteiger partial charge >= 0.3 is 5.97 Å². The van der Waals surface area contributed by atoms with Crippen LogP contribution in [0.3, 0.4) is 0 Å². The SMILES string of the molecule is COC(=O)c1ccc2c(C(=Nc3ccc(N(C)C(=O)CN4CCN(C)C(CCS(=O)(=O)O)C4)cc3)c3ccccc3)c(O)[nH]c2c1. The Labute approximate surface area is 267 Å². The fraction of sp³-hybridized carbons (Fsp3) is 0.303. The van der Waals surface area contributed by atoms with E-state index >= 15 is 0 Å². The Morgan fingerprint density at radius 3 is 2.43 bits per heavy atom. The number of nitrogens with zero attached hydrogens (tertiary/aromatic N) is 4. The highest BCUT2D eigenvalue weighted by Gasteiger charge is 2.27. The van der Waals surface area contributed by atoms with E-state index < -0.39 is 16.1 Å². The van der Waals surface area contributed by atoms with Crippen LogP contribution in [0.15, 0.2) is 77.8 Å². The van der Waals surface area contributed by atoms with Gasteiger partial charge < -0.3 is 24.6 Å². The molecule has 1 amide bonds.